The van der Waals surface area contributed by atoms with Gasteiger partial charge in [-0.25, -0.2) is 0 Å². The number of hydrogen-bond acceptors (Lipinski definition) is 10. The molecule has 1 fully saturated rings. The highest BCUT2D eigenvalue weighted by Crippen LogP contribution is 2.27. The van der Waals surface area contributed by atoms with Gasteiger partial charge in [0.25, 0.3) is 0 Å². The molecule has 1 aliphatic heterocycles. The first-order valence-corrected chi connectivity index (χ1v) is 12.8. The molecule has 0 aromatic heterocycles. The van der Waals surface area contributed by atoms with Crippen molar-refractivity contribution < 1.29 is 29.7 Å². The second-order valence-electron chi connectivity index (χ2n) is 8.81. The third-order valence-corrected chi connectivity index (χ3v) is 6.59. The molecule has 0 spiro atoms. The van der Waals surface area contributed by atoms with Crippen LogP contribution in [0.2, 0.25) is 0 Å². The fourth-order valence-electron chi connectivity index (χ4n) is 4.58. The molecule has 13 heteroatoms. The van der Waals surface area contributed by atoms with Gasteiger partial charge in [-0.2, -0.15) is 9.98 Å². The summed E-state index contributed by atoms with van der Waals surface area (Å²) < 4.78 is 0. The van der Waals surface area contributed by atoms with Crippen molar-refractivity contribution in [2.45, 2.75) is 12.1 Å². The molecule has 1 aliphatic rings. The number of thiocarbonyl (C=S) groups is 2. The second kappa shape index (κ2) is 14.5. The van der Waals surface area contributed by atoms with Crippen LogP contribution in [0.25, 0.3) is 0 Å². The van der Waals surface area contributed by atoms with Gasteiger partial charge in [0, 0.05) is 39.3 Å². The van der Waals surface area contributed by atoms with Gasteiger partial charge in [0.15, 0.2) is 0 Å². The Morgan fingerprint density at radius 3 is 1.36 bits per heavy atom. The molecular formula is C26H27N5O6S2. The lowest BCUT2D eigenvalue weighted by Crippen LogP contribution is -2.43. The normalized spacial score (nSPS) is 16.8. The number of rotatable bonds is 10. The zero-order chi connectivity index (χ0) is 28.4. The van der Waals surface area contributed by atoms with Crippen LogP contribution in [-0.2, 0) is 14.4 Å². The minimum atomic E-state index is -1.08. The summed E-state index contributed by atoms with van der Waals surface area (Å²) in [5.74, 6) is -3.19. The van der Waals surface area contributed by atoms with Crippen LogP contribution >= 0.6 is 24.4 Å². The van der Waals surface area contributed by atoms with Crippen LogP contribution in [0.1, 0.15) is 23.2 Å². The van der Waals surface area contributed by atoms with E-state index in [1.54, 1.807) is 63.2 Å². The van der Waals surface area contributed by atoms with Gasteiger partial charge in [0.1, 0.15) is 12.1 Å². The lowest BCUT2D eigenvalue weighted by molar-refractivity contribution is -0.146. The van der Waals surface area contributed by atoms with Crippen molar-refractivity contribution in [1.29, 1.82) is 0 Å². The van der Waals surface area contributed by atoms with E-state index in [4.69, 9.17) is 0 Å². The predicted molar refractivity (Wildman–Crippen MR) is 150 cm³/mol. The number of carbonyl (C=O) groups is 3. The van der Waals surface area contributed by atoms with Crippen LogP contribution < -0.4 is 0 Å². The fraction of sp³-hybridized carbons (Fsp3) is 0.346. The quantitative estimate of drug-likeness (QED) is 0.286. The van der Waals surface area contributed by atoms with E-state index in [9.17, 15) is 29.7 Å². The van der Waals surface area contributed by atoms with E-state index >= 15 is 0 Å². The smallest absolute Gasteiger partial charge is 0.325 e. The Bertz CT molecular complexity index is 1190. The summed E-state index contributed by atoms with van der Waals surface area (Å²) in [6, 6.07) is 11.1. The number of nitrogens with zero attached hydrogens (tertiary/aromatic N) is 5. The number of carboxylic acids is 3. The molecule has 0 aliphatic carbocycles. The highest BCUT2D eigenvalue weighted by atomic mass is 32.1. The van der Waals surface area contributed by atoms with E-state index in [-0.39, 0.29) is 32.7 Å². The molecule has 3 N–H and O–H groups in total. The van der Waals surface area contributed by atoms with Crippen molar-refractivity contribution in [2.24, 2.45) is 9.98 Å². The first-order chi connectivity index (χ1) is 18.7. The highest BCUT2D eigenvalue weighted by molar-refractivity contribution is 7.78. The van der Waals surface area contributed by atoms with Gasteiger partial charge in [-0.3, -0.25) is 29.1 Å². The molecule has 11 nitrogen and oxygen atoms in total. The van der Waals surface area contributed by atoms with E-state index in [0.29, 0.717) is 35.6 Å². The zero-order valence-electron chi connectivity index (χ0n) is 20.8. The van der Waals surface area contributed by atoms with Crippen LogP contribution in [-0.4, -0.2) is 104 Å². The lowest BCUT2D eigenvalue weighted by Gasteiger charge is -2.33. The standard InChI is InChI=1S/C26H27N5O6S2/c32-22(33)15-29-9-11-30(23(25(34)35)18-1-5-20(6-2-18)27-16-38)13-14-31(12-10-29)24(26(36)37)19-3-7-21(8-4-19)28-17-39/h1-8,23-24H,9-15H2,(H,32,33)(H,34,35)(H,36,37). The van der Waals surface area contributed by atoms with Crippen molar-refractivity contribution in [3.8, 4) is 0 Å². The fourth-order valence-corrected chi connectivity index (χ4v) is 4.80. The maximum absolute atomic E-state index is 12.5. The van der Waals surface area contributed by atoms with E-state index in [0.717, 1.165) is 0 Å². The van der Waals surface area contributed by atoms with Gasteiger partial charge in [-0.05, 0) is 59.8 Å². The van der Waals surface area contributed by atoms with Crippen molar-refractivity contribution in [3.63, 3.8) is 0 Å². The van der Waals surface area contributed by atoms with Gasteiger partial charge < -0.3 is 15.3 Å². The van der Waals surface area contributed by atoms with Gasteiger partial charge in [-0.15, -0.1) is 0 Å². The summed E-state index contributed by atoms with van der Waals surface area (Å²) in [5, 5.41) is 34.3. The Morgan fingerprint density at radius 1 is 0.692 bits per heavy atom. The molecule has 0 bridgehead atoms. The van der Waals surface area contributed by atoms with Gasteiger partial charge >= 0.3 is 17.9 Å². The molecule has 1 saturated heterocycles. The maximum atomic E-state index is 12.5. The third kappa shape index (κ3) is 8.41. The molecule has 2 atom stereocenters. The van der Waals surface area contributed by atoms with Crippen molar-refractivity contribution in [3.05, 3.63) is 59.7 Å². The van der Waals surface area contributed by atoms with E-state index in [2.05, 4.69) is 44.7 Å². The molecule has 3 rings (SSSR count). The molecule has 0 radical (unpaired) electrons. The summed E-state index contributed by atoms with van der Waals surface area (Å²) >= 11 is 9.25. The minimum Gasteiger partial charge on any atom is -0.480 e. The van der Waals surface area contributed by atoms with Crippen LogP contribution in [0.15, 0.2) is 58.5 Å². The third-order valence-electron chi connectivity index (χ3n) is 6.41. The molecule has 1 heterocycles. The van der Waals surface area contributed by atoms with Crippen LogP contribution in [0.4, 0.5) is 11.4 Å². The zero-order valence-corrected chi connectivity index (χ0v) is 22.5. The number of carboxylic acid groups (broad SMARTS) is 3. The first-order valence-electron chi connectivity index (χ1n) is 12.0. The molecule has 2 unspecified atom stereocenters. The number of benzene rings is 2. The Kier molecular flexibility index (Phi) is 11.1. The minimum absolute atomic E-state index is 0.231. The van der Waals surface area contributed by atoms with Crippen LogP contribution in [0, 0.1) is 0 Å². The monoisotopic (exact) mass is 569 g/mol. The average molecular weight is 570 g/mol. The lowest BCUT2D eigenvalue weighted by atomic mass is 10.0. The molecule has 2 aromatic rings. The molecule has 204 valence electrons. The highest BCUT2D eigenvalue weighted by Gasteiger charge is 2.33. The average Bonchev–Trinajstić information content (AvgIpc) is 2.98. The van der Waals surface area contributed by atoms with Gasteiger partial charge in [0.2, 0.25) is 0 Å². The number of hydrogen-bond donors (Lipinski definition) is 3. The second-order valence-corrected chi connectivity index (χ2v) is 9.18. The molecule has 39 heavy (non-hydrogen) atoms. The van der Waals surface area contributed by atoms with Crippen molar-refractivity contribution in [1.82, 2.24) is 14.7 Å². The Labute approximate surface area is 235 Å². The Morgan fingerprint density at radius 2 is 1.05 bits per heavy atom. The summed E-state index contributed by atoms with van der Waals surface area (Å²) in [6.45, 7) is 1.31. The number of isothiocyanates is 2. The van der Waals surface area contributed by atoms with Gasteiger partial charge in [-0.1, -0.05) is 24.3 Å². The number of aliphatic carboxylic acids is 3. The summed E-state index contributed by atoms with van der Waals surface area (Å²) in [4.78, 5) is 49.3. The number of aliphatic imine (C=N–C) groups is 2. The SMILES string of the molecule is O=C(O)CN1CCN(C(C(=O)O)c2ccc(N=C=S)cc2)CCN(C(C(=O)O)c2ccc(N=C=S)cc2)CC1. The molecular weight excluding hydrogens is 542 g/mol. The Balaban J connectivity index is 1.95. The van der Waals surface area contributed by atoms with Crippen molar-refractivity contribution in [2.75, 3.05) is 45.8 Å². The summed E-state index contributed by atoms with van der Waals surface area (Å²) in [6.07, 6.45) is 0. The largest absolute Gasteiger partial charge is 0.480 e. The molecule has 2 aromatic carbocycles. The van der Waals surface area contributed by atoms with Crippen molar-refractivity contribution >= 4 is 64.0 Å². The van der Waals surface area contributed by atoms with E-state index in [1.807, 2.05) is 0 Å². The topological polar surface area (TPSA) is 146 Å². The predicted octanol–water partition coefficient (Wildman–Crippen LogP) is 3.11. The van der Waals surface area contributed by atoms with Crippen LogP contribution in [0.5, 0.6) is 0 Å². The summed E-state index contributed by atoms with van der Waals surface area (Å²) in [7, 11) is 0. The summed E-state index contributed by atoms with van der Waals surface area (Å²) in [5.41, 5.74) is 2.08. The molecule has 0 saturated carbocycles. The maximum Gasteiger partial charge on any atom is 0.325 e. The van der Waals surface area contributed by atoms with E-state index < -0.39 is 30.0 Å². The van der Waals surface area contributed by atoms with Crippen LogP contribution in [0.3, 0.4) is 0 Å². The molecule has 0 amide bonds. The van der Waals surface area contributed by atoms with E-state index in [1.165, 1.54) is 0 Å². The van der Waals surface area contributed by atoms with Gasteiger partial charge in [0.05, 0.1) is 28.2 Å². The first kappa shape index (κ1) is 29.9. The Hall–Kier alpha value is -3.67.